The van der Waals surface area contributed by atoms with Crippen molar-refractivity contribution >= 4 is 28.8 Å². The van der Waals surface area contributed by atoms with Gasteiger partial charge in [-0.05, 0) is 43.6 Å². The summed E-state index contributed by atoms with van der Waals surface area (Å²) in [7, 11) is 0. The van der Waals surface area contributed by atoms with Gasteiger partial charge < -0.3 is 9.73 Å². The third-order valence-electron chi connectivity index (χ3n) is 4.86. The zero-order valence-corrected chi connectivity index (χ0v) is 16.0. The monoisotopic (exact) mass is 381 g/mol. The molecule has 1 saturated heterocycles. The molecule has 3 aromatic rings. The molecule has 27 heavy (non-hydrogen) atoms. The van der Waals surface area contributed by atoms with Crippen molar-refractivity contribution in [2.45, 2.75) is 24.1 Å². The molecule has 0 radical (unpaired) electrons. The molecule has 1 fully saturated rings. The number of nitrogens with one attached hydrogen (secondary N) is 1. The van der Waals surface area contributed by atoms with Crippen LogP contribution in [0.5, 0.6) is 0 Å². The Morgan fingerprint density at radius 2 is 1.85 bits per heavy atom. The molecule has 6 heteroatoms. The molecule has 1 aliphatic rings. The molecule has 0 spiro atoms. The van der Waals surface area contributed by atoms with Gasteiger partial charge in [-0.1, -0.05) is 54.2 Å². The summed E-state index contributed by atoms with van der Waals surface area (Å²) in [5, 5.41) is 3.62. The summed E-state index contributed by atoms with van der Waals surface area (Å²) in [4.78, 5) is 19.2. The predicted octanol–water partition coefficient (Wildman–Crippen LogP) is 3.87. The summed E-state index contributed by atoms with van der Waals surface area (Å²) in [6.07, 6.45) is 2.45. The lowest BCUT2D eigenvalue weighted by atomic mass is 10.1. The number of likely N-dealkylation sites (tertiary alicyclic amines) is 1. The molecular weight excluding hydrogens is 358 g/mol. The van der Waals surface area contributed by atoms with E-state index >= 15 is 0 Å². The maximum Gasteiger partial charge on any atom is 0.257 e. The van der Waals surface area contributed by atoms with Crippen molar-refractivity contribution in [3.05, 3.63) is 60.2 Å². The van der Waals surface area contributed by atoms with Crippen molar-refractivity contribution in [2.75, 3.05) is 25.4 Å². The highest BCUT2D eigenvalue weighted by Gasteiger charge is 2.23. The van der Waals surface area contributed by atoms with Crippen molar-refractivity contribution in [1.82, 2.24) is 15.2 Å². The number of amides is 1. The minimum atomic E-state index is 0.00221. The number of hydrogen-bond acceptors (Lipinski definition) is 5. The van der Waals surface area contributed by atoms with Gasteiger partial charge in [-0.15, -0.1) is 0 Å². The Balaban J connectivity index is 1.33. The van der Waals surface area contributed by atoms with E-state index in [1.807, 2.05) is 30.3 Å². The molecule has 1 aliphatic heterocycles. The highest BCUT2D eigenvalue weighted by Crippen LogP contribution is 2.25. The van der Waals surface area contributed by atoms with Gasteiger partial charge in [0.15, 0.2) is 5.58 Å². The van der Waals surface area contributed by atoms with Crippen LogP contribution in [0.4, 0.5) is 0 Å². The van der Waals surface area contributed by atoms with E-state index in [-0.39, 0.29) is 11.9 Å². The van der Waals surface area contributed by atoms with Gasteiger partial charge in [0.2, 0.25) is 5.91 Å². The number of para-hydroxylation sites is 2. The van der Waals surface area contributed by atoms with Crippen molar-refractivity contribution in [2.24, 2.45) is 0 Å². The quantitative estimate of drug-likeness (QED) is 0.630. The van der Waals surface area contributed by atoms with E-state index in [1.165, 1.54) is 30.2 Å². The largest absolute Gasteiger partial charge is 0.431 e. The first-order valence-corrected chi connectivity index (χ1v) is 10.3. The standard InChI is InChI=1S/C21H23N3O2S/c25-20(15-27-21-23-17-10-4-5-11-19(17)26-21)22-14-18(24-12-6-7-13-24)16-8-2-1-3-9-16/h1-5,8-11,18H,6-7,12-15H2,(H,22,25). The molecule has 1 amide bonds. The number of fused-ring (bicyclic) bond motifs is 1. The molecule has 0 bridgehead atoms. The summed E-state index contributed by atoms with van der Waals surface area (Å²) in [6, 6.07) is 18.3. The average molecular weight is 382 g/mol. The minimum Gasteiger partial charge on any atom is -0.431 e. The lowest BCUT2D eigenvalue weighted by molar-refractivity contribution is -0.118. The number of oxazole rings is 1. The molecule has 140 valence electrons. The fraction of sp³-hybridized carbons (Fsp3) is 0.333. The van der Waals surface area contributed by atoms with Crippen LogP contribution in [-0.4, -0.2) is 41.2 Å². The summed E-state index contributed by atoms with van der Waals surface area (Å²) < 4.78 is 5.66. The number of hydrogen-bond donors (Lipinski definition) is 1. The molecule has 1 N–H and O–H groups in total. The van der Waals surface area contributed by atoms with E-state index in [0.29, 0.717) is 17.5 Å². The maximum atomic E-state index is 12.4. The van der Waals surface area contributed by atoms with Crippen molar-refractivity contribution in [3.8, 4) is 0 Å². The van der Waals surface area contributed by atoms with Gasteiger partial charge in [-0.25, -0.2) is 4.98 Å². The van der Waals surface area contributed by atoms with Crippen molar-refractivity contribution in [3.63, 3.8) is 0 Å². The molecule has 2 aromatic carbocycles. The Morgan fingerprint density at radius 1 is 1.11 bits per heavy atom. The number of carbonyl (C=O) groups excluding carboxylic acids is 1. The van der Waals surface area contributed by atoms with Gasteiger partial charge >= 0.3 is 0 Å². The van der Waals surface area contributed by atoms with E-state index in [4.69, 9.17) is 4.42 Å². The molecular formula is C21H23N3O2S. The molecule has 1 unspecified atom stereocenters. The third-order valence-corrected chi connectivity index (χ3v) is 5.69. The topological polar surface area (TPSA) is 58.4 Å². The molecule has 1 atom stereocenters. The Morgan fingerprint density at radius 3 is 2.63 bits per heavy atom. The Hall–Kier alpha value is -2.31. The highest BCUT2D eigenvalue weighted by atomic mass is 32.2. The Bertz CT molecular complexity index is 858. The third kappa shape index (κ3) is 4.51. The van der Waals surface area contributed by atoms with Crippen LogP contribution in [0, 0.1) is 0 Å². The molecule has 2 heterocycles. The lowest BCUT2D eigenvalue weighted by Crippen LogP contribution is -2.37. The molecule has 0 aliphatic carbocycles. The van der Waals surface area contributed by atoms with Gasteiger partial charge in [-0.3, -0.25) is 9.69 Å². The first-order chi connectivity index (χ1) is 13.3. The summed E-state index contributed by atoms with van der Waals surface area (Å²) in [6.45, 7) is 2.80. The maximum absolute atomic E-state index is 12.4. The molecule has 1 aromatic heterocycles. The fourth-order valence-electron chi connectivity index (χ4n) is 3.49. The number of rotatable bonds is 7. The Labute approximate surface area is 163 Å². The van der Waals surface area contributed by atoms with Crippen LogP contribution in [0.2, 0.25) is 0 Å². The second-order valence-corrected chi connectivity index (χ2v) is 7.64. The predicted molar refractivity (Wildman–Crippen MR) is 108 cm³/mol. The molecule has 4 rings (SSSR count). The lowest BCUT2D eigenvalue weighted by Gasteiger charge is -2.28. The zero-order valence-electron chi connectivity index (χ0n) is 15.1. The molecule has 0 saturated carbocycles. The van der Waals surface area contributed by atoms with Crippen LogP contribution >= 0.6 is 11.8 Å². The smallest absolute Gasteiger partial charge is 0.257 e. The minimum absolute atomic E-state index is 0.00221. The van der Waals surface area contributed by atoms with Crippen LogP contribution in [0.25, 0.3) is 11.1 Å². The van der Waals surface area contributed by atoms with E-state index < -0.39 is 0 Å². The molecule has 5 nitrogen and oxygen atoms in total. The van der Waals surface area contributed by atoms with E-state index in [2.05, 4.69) is 39.5 Å². The van der Waals surface area contributed by atoms with Crippen LogP contribution in [0.15, 0.2) is 64.2 Å². The SMILES string of the molecule is O=C(CSc1nc2ccccc2o1)NCC(c1ccccc1)N1CCCC1. The van der Waals surface area contributed by atoms with Gasteiger partial charge in [0.25, 0.3) is 5.22 Å². The van der Waals surface area contributed by atoms with E-state index in [9.17, 15) is 4.79 Å². The summed E-state index contributed by atoms with van der Waals surface area (Å²) >= 11 is 1.33. The number of aromatic nitrogens is 1. The van der Waals surface area contributed by atoms with Crippen LogP contribution in [0.1, 0.15) is 24.4 Å². The number of carbonyl (C=O) groups is 1. The second-order valence-electron chi connectivity index (χ2n) is 6.71. The van der Waals surface area contributed by atoms with Gasteiger partial charge in [0, 0.05) is 6.54 Å². The first-order valence-electron chi connectivity index (χ1n) is 9.34. The van der Waals surface area contributed by atoms with Crippen LogP contribution in [0.3, 0.4) is 0 Å². The van der Waals surface area contributed by atoms with E-state index in [1.54, 1.807) is 0 Å². The van der Waals surface area contributed by atoms with Gasteiger partial charge in [0.1, 0.15) is 5.52 Å². The number of thioether (sulfide) groups is 1. The van der Waals surface area contributed by atoms with Crippen molar-refractivity contribution in [1.29, 1.82) is 0 Å². The van der Waals surface area contributed by atoms with Gasteiger partial charge in [0.05, 0.1) is 11.8 Å². The summed E-state index contributed by atoms with van der Waals surface area (Å²) in [5.74, 6) is 0.302. The van der Waals surface area contributed by atoms with Crippen LogP contribution < -0.4 is 5.32 Å². The van der Waals surface area contributed by atoms with Crippen LogP contribution in [-0.2, 0) is 4.79 Å². The second kappa shape index (κ2) is 8.59. The van der Waals surface area contributed by atoms with Crippen molar-refractivity contribution < 1.29 is 9.21 Å². The normalized spacial score (nSPS) is 15.9. The first kappa shape index (κ1) is 18.1. The van der Waals surface area contributed by atoms with E-state index in [0.717, 1.165) is 24.2 Å². The number of nitrogens with zero attached hydrogens (tertiary/aromatic N) is 2. The van der Waals surface area contributed by atoms with Gasteiger partial charge in [-0.2, -0.15) is 0 Å². The zero-order chi connectivity index (χ0) is 18.5. The average Bonchev–Trinajstić information content (AvgIpc) is 3.37. The highest BCUT2D eigenvalue weighted by molar-refractivity contribution is 7.99. The fourth-order valence-corrected chi connectivity index (χ4v) is 4.16. The summed E-state index contributed by atoms with van der Waals surface area (Å²) in [5.41, 5.74) is 2.82. The number of benzene rings is 2. The Kier molecular flexibility index (Phi) is 5.75.